The molecule has 0 radical (unpaired) electrons. The Kier molecular flexibility index (Phi) is 7.46. The predicted octanol–water partition coefficient (Wildman–Crippen LogP) is 4.99. The Hall–Kier alpha value is -2.74. The van der Waals surface area contributed by atoms with E-state index >= 15 is 0 Å². The third-order valence-electron chi connectivity index (χ3n) is 5.79. The van der Waals surface area contributed by atoms with E-state index in [-0.39, 0.29) is 50.2 Å². The molecule has 1 saturated heterocycles. The van der Waals surface area contributed by atoms with Gasteiger partial charge >= 0.3 is 12.4 Å². The van der Waals surface area contributed by atoms with E-state index in [0.29, 0.717) is 6.07 Å². The number of aliphatic hydroxyl groups is 1. The molecule has 194 valence electrons. The highest BCUT2D eigenvalue weighted by atomic mass is 19.4. The molecule has 0 saturated carbocycles. The summed E-state index contributed by atoms with van der Waals surface area (Å²) >= 11 is 0. The van der Waals surface area contributed by atoms with Crippen molar-refractivity contribution in [3.8, 4) is 11.3 Å². The van der Waals surface area contributed by atoms with Gasteiger partial charge in [-0.25, -0.2) is 18.7 Å². The van der Waals surface area contributed by atoms with Crippen molar-refractivity contribution >= 4 is 5.82 Å². The first-order chi connectivity index (χ1) is 16.1. The highest BCUT2D eigenvalue weighted by Gasteiger charge is 2.43. The van der Waals surface area contributed by atoms with Gasteiger partial charge in [0.05, 0.1) is 17.3 Å². The van der Waals surface area contributed by atoms with Gasteiger partial charge in [-0.15, -0.1) is 6.58 Å². The molecule has 3 heterocycles. The lowest BCUT2D eigenvalue weighted by molar-refractivity contribution is -0.210. The Morgan fingerprint density at radius 2 is 1.80 bits per heavy atom. The van der Waals surface area contributed by atoms with Gasteiger partial charge in [-0.1, -0.05) is 6.08 Å². The Balaban J connectivity index is 1.94. The fraction of sp³-hybridized carbons (Fsp3) is 0.524. The number of aliphatic hydroxyl groups excluding tert-OH is 1. The average molecular weight is 513 g/mol. The number of nitrogen functional groups attached to an aromatic ring is 1. The molecule has 35 heavy (non-hydrogen) atoms. The van der Waals surface area contributed by atoms with Gasteiger partial charge in [0.25, 0.3) is 5.92 Å². The maximum atomic E-state index is 13.4. The molecule has 0 aromatic carbocycles. The molecule has 2 aromatic heterocycles. The normalized spacial score (nSPS) is 18.9. The molecule has 1 fully saturated rings. The molecule has 14 heteroatoms. The number of anilines is 1. The maximum Gasteiger partial charge on any atom is 0.421 e. The molecule has 0 aliphatic carbocycles. The number of nitrogens with two attached hydrogens (primary N) is 1. The Morgan fingerprint density at radius 3 is 2.34 bits per heavy atom. The van der Waals surface area contributed by atoms with E-state index in [9.17, 15) is 40.2 Å². The van der Waals surface area contributed by atoms with Crippen LogP contribution in [0.4, 0.5) is 40.9 Å². The van der Waals surface area contributed by atoms with Gasteiger partial charge in [0.15, 0.2) is 0 Å². The van der Waals surface area contributed by atoms with E-state index in [1.54, 1.807) is 4.90 Å². The van der Waals surface area contributed by atoms with E-state index < -0.39 is 47.6 Å². The number of hydrogen-bond acceptors (Lipinski definition) is 5. The number of rotatable bonds is 7. The summed E-state index contributed by atoms with van der Waals surface area (Å²) in [5.74, 6) is -4.43. The van der Waals surface area contributed by atoms with Gasteiger partial charge in [-0.2, -0.15) is 26.3 Å². The Morgan fingerprint density at radius 1 is 1.17 bits per heavy atom. The zero-order chi connectivity index (χ0) is 26.2. The first-order valence-corrected chi connectivity index (χ1v) is 10.5. The van der Waals surface area contributed by atoms with Crippen LogP contribution < -0.4 is 5.73 Å². The van der Waals surface area contributed by atoms with Crippen LogP contribution >= 0.6 is 0 Å². The molecule has 2 unspecified atom stereocenters. The Bertz CT molecular complexity index is 1040. The molecule has 0 bridgehead atoms. The van der Waals surface area contributed by atoms with E-state index in [1.165, 1.54) is 6.08 Å². The summed E-state index contributed by atoms with van der Waals surface area (Å²) in [6.07, 6.45) is -10.3. The van der Waals surface area contributed by atoms with Crippen molar-refractivity contribution in [1.82, 2.24) is 19.4 Å². The lowest BCUT2D eigenvalue weighted by atomic mass is 10.1. The Labute approximate surface area is 195 Å². The fourth-order valence-corrected chi connectivity index (χ4v) is 3.79. The largest absolute Gasteiger partial charge is 0.421 e. The van der Waals surface area contributed by atoms with Gasteiger partial charge in [-0.3, -0.25) is 0 Å². The lowest BCUT2D eigenvalue weighted by Crippen LogP contribution is -2.40. The number of allylic oxidation sites excluding steroid dienone is 1. The average Bonchev–Trinajstić information content (AvgIpc) is 3.18. The zero-order valence-corrected chi connectivity index (χ0v) is 18.3. The first kappa shape index (κ1) is 26.9. The standard InChI is InChI=1S/C21H23F8N5O/c1-2-13(3-6-33-7-4-19(22,23)5-8-33)34-11-15(32-18(34)16(35)21(27,28)29)12-9-14(20(24,25)26)17(30)31-10-12/h2,9-11,13,16,35H,1,3-8H2,(H2,30,31). The van der Waals surface area contributed by atoms with Crippen molar-refractivity contribution in [2.24, 2.45) is 0 Å². The van der Waals surface area contributed by atoms with Crippen LogP contribution in [0.3, 0.4) is 0 Å². The van der Waals surface area contributed by atoms with Crippen LogP contribution in [0.2, 0.25) is 0 Å². The maximum absolute atomic E-state index is 13.4. The molecule has 2 aromatic rings. The number of likely N-dealkylation sites (tertiary alicyclic amines) is 1. The summed E-state index contributed by atoms with van der Waals surface area (Å²) in [5.41, 5.74) is 3.43. The second-order valence-electron chi connectivity index (χ2n) is 8.28. The lowest BCUT2D eigenvalue weighted by Gasteiger charge is -2.32. The molecule has 0 amide bonds. The number of piperidine rings is 1. The fourth-order valence-electron chi connectivity index (χ4n) is 3.79. The van der Waals surface area contributed by atoms with Gasteiger partial charge in [0, 0.05) is 50.4 Å². The zero-order valence-electron chi connectivity index (χ0n) is 18.3. The third kappa shape index (κ3) is 6.28. The van der Waals surface area contributed by atoms with Crippen molar-refractivity contribution in [1.29, 1.82) is 0 Å². The third-order valence-corrected chi connectivity index (χ3v) is 5.79. The van der Waals surface area contributed by atoms with Gasteiger partial charge < -0.3 is 20.3 Å². The SMILES string of the molecule is C=CC(CCN1CCC(F)(F)CC1)n1cc(-c2cnc(N)c(C(F)(F)F)c2)nc1C(O)C(F)(F)F. The van der Waals surface area contributed by atoms with Crippen LogP contribution in [0.1, 0.15) is 42.8 Å². The summed E-state index contributed by atoms with van der Waals surface area (Å²) in [4.78, 5) is 8.96. The van der Waals surface area contributed by atoms with Crippen molar-refractivity contribution in [3.05, 3.63) is 42.5 Å². The molecule has 3 rings (SSSR count). The molecule has 6 nitrogen and oxygen atoms in total. The van der Waals surface area contributed by atoms with Crippen LogP contribution in [0.15, 0.2) is 31.1 Å². The molecule has 1 aliphatic rings. The second kappa shape index (κ2) is 9.72. The topological polar surface area (TPSA) is 80.2 Å². The predicted molar refractivity (Wildman–Crippen MR) is 110 cm³/mol. The monoisotopic (exact) mass is 513 g/mol. The smallest absolute Gasteiger partial charge is 0.383 e. The minimum absolute atomic E-state index is 0.0986. The van der Waals surface area contributed by atoms with Crippen LogP contribution in [0, 0.1) is 0 Å². The van der Waals surface area contributed by atoms with Crippen LogP contribution in [0.25, 0.3) is 11.3 Å². The number of aromatic nitrogens is 3. The van der Waals surface area contributed by atoms with Gasteiger partial charge in [0.1, 0.15) is 11.6 Å². The van der Waals surface area contributed by atoms with Crippen LogP contribution in [-0.4, -0.2) is 56.3 Å². The summed E-state index contributed by atoms with van der Waals surface area (Å²) < 4.78 is 107. The minimum Gasteiger partial charge on any atom is -0.383 e. The molecular weight excluding hydrogens is 490 g/mol. The van der Waals surface area contributed by atoms with E-state index in [2.05, 4.69) is 16.5 Å². The summed E-state index contributed by atoms with van der Waals surface area (Å²) in [5, 5.41) is 9.89. The summed E-state index contributed by atoms with van der Waals surface area (Å²) in [6.45, 7) is 4.04. The van der Waals surface area contributed by atoms with Gasteiger partial charge in [0.2, 0.25) is 6.10 Å². The number of hydrogen-bond donors (Lipinski definition) is 2. The number of alkyl halides is 8. The van der Waals surface area contributed by atoms with Crippen molar-refractivity contribution in [3.63, 3.8) is 0 Å². The molecule has 0 spiro atoms. The highest BCUT2D eigenvalue weighted by Crippen LogP contribution is 2.38. The summed E-state index contributed by atoms with van der Waals surface area (Å²) in [7, 11) is 0. The van der Waals surface area contributed by atoms with Crippen LogP contribution in [0.5, 0.6) is 0 Å². The molecule has 2 atom stereocenters. The quantitative estimate of drug-likeness (QED) is 0.403. The van der Waals surface area contributed by atoms with Gasteiger partial charge in [-0.05, 0) is 12.5 Å². The van der Waals surface area contributed by atoms with E-state index in [1.807, 2.05) is 0 Å². The summed E-state index contributed by atoms with van der Waals surface area (Å²) in [6, 6.07) is -0.259. The molecular formula is C21H23F8N5O. The minimum atomic E-state index is -5.11. The number of pyridine rings is 1. The number of imidazole rings is 1. The molecule has 1 aliphatic heterocycles. The van der Waals surface area contributed by atoms with Crippen molar-refractivity contribution in [2.75, 3.05) is 25.4 Å². The first-order valence-electron chi connectivity index (χ1n) is 10.5. The highest BCUT2D eigenvalue weighted by molar-refractivity contribution is 5.62. The van der Waals surface area contributed by atoms with Crippen LogP contribution in [-0.2, 0) is 6.18 Å². The molecule has 3 N–H and O–H groups in total. The van der Waals surface area contributed by atoms with E-state index in [0.717, 1.165) is 17.0 Å². The number of nitrogens with zero attached hydrogens (tertiary/aromatic N) is 4. The second-order valence-corrected chi connectivity index (χ2v) is 8.28. The van der Waals surface area contributed by atoms with Crippen molar-refractivity contribution < 1.29 is 40.2 Å². The van der Waals surface area contributed by atoms with Crippen molar-refractivity contribution in [2.45, 2.75) is 49.7 Å². The number of halogens is 8. The van der Waals surface area contributed by atoms with E-state index in [4.69, 9.17) is 5.73 Å².